The van der Waals surface area contributed by atoms with Gasteiger partial charge in [0.1, 0.15) is 5.75 Å². The van der Waals surface area contributed by atoms with Crippen molar-refractivity contribution in [3.05, 3.63) is 64.2 Å². The van der Waals surface area contributed by atoms with Crippen LogP contribution in [0.1, 0.15) is 33.9 Å². The summed E-state index contributed by atoms with van der Waals surface area (Å²) in [7, 11) is 1.55. The van der Waals surface area contributed by atoms with Crippen molar-refractivity contribution in [3.8, 4) is 5.75 Å². The van der Waals surface area contributed by atoms with Gasteiger partial charge in [-0.05, 0) is 42.2 Å². The van der Waals surface area contributed by atoms with Gasteiger partial charge in [0, 0.05) is 5.56 Å². The summed E-state index contributed by atoms with van der Waals surface area (Å²) in [4.78, 5) is 12.4. The van der Waals surface area contributed by atoms with Gasteiger partial charge in [0.05, 0.1) is 18.2 Å². The number of aryl methyl sites for hydroxylation is 1. The summed E-state index contributed by atoms with van der Waals surface area (Å²) in [6.45, 7) is 0. The minimum absolute atomic E-state index is 0.0783. The Morgan fingerprint density at radius 1 is 1.29 bits per heavy atom. The highest BCUT2D eigenvalue weighted by Gasteiger charge is 2.23. The Morgan fingerprint density at radius 2 is 2.10 bits per heavy atom. The number of halogens is 1. The summed E-state index contributed by atoms with van der Waals surface area (Å²) in [6.07, 6.45) is 1.94. The van der Waals surface area contributed by atoms with E-state index >= 15 is 0 Å². The van der Waals surface area contributed by atoms with Gasteiger partial charge in [-0.15, -0.1) is 0 Å². The molecule has 1 aliphatic carbocycles. The second kappa shape index (κ2) is 5.78. The first kappa shape index (κ1) is 14.0. The minimum atomic E-state index is -0.110. The molecule has 1 unspecified atom stereocenters. The second-order valence-electron chi connectivity index (χ2n) is 5.11. The quantitative estimate of drug-likeness (QED) is 0.937. The molecular weight excluding hydrogens is 286 g/mol. The van der Waals surface area contributed by atoms with Gasteiger partial charge in [-0.25, -0.2) is 0 Å². The maximum absolute atomic E-state index is 12.4. The van der Waals surface area contributed by atoms with Crippen LogP contribution in [0.25, 0.3) is 0 Å². The zero-order valence-corrected chi connectivity index (χ0v) is 12.5. The third-order valence-electron chi connectivity index (χ3n) is 3.85. The Hall–Kier alpha value is -2.00. The largest absolute Gasteiger partial charge is 0.495 e. The number of carbonyl (C=O) groups is 1. The van der Waals surface area contributed by atoms with Crippen molar-refractivity contribution in [3.63, 3.8) is 0 Å². The molecule has 0 bridgehead atoms. The molecule has 2 aromatic carbocycles. The SMILES string of the molecule is COc1ccc(C(=O)NC2CCc3ccccc32)cc1Cl. The predicted molar refractivity (Wildman–Crippen MR) is 83.0 cm³/mol. The van der Waals surface area contributed by atoms with Crippen molar-refractivity contribution in [2.24, 2.45) is 0 Å². The normalized spacial score (nSPS) is 16.4. The molecule has 0 spiro atoms. The molecule has 0 heterocycles. The van der Waals surface area contributed by atoms with Gasteiger partial charge in [-0.3, -0.25) is 4.79 Å². The molecule has 0 saturated heterocycles. The highest BCUT2D eigenvalue weighted by Crippen LogP contribution is 2.31. The molecule has 0 saturated carbocycles. The van der Waals surface area contributed by atoms with Crippen molar-refractivity contribution in [1.82, 2.24) is 5.32 Å². The van der Waals surface area contributed by atoms with Crippen LogP contribution in [-0.2, 0) is 6.42 Å². The van der Waals surface area contributed by atoms with E-state index < -0.39 is 0 Å². The molecule has 0 aliphatic heterocycles. The van der Waals surface area contributed by atoms with Gasteiger partial charge in [0.2, 0.25) is 0 Å². The first-order valence-corrected chi connectivity index (χ1v) is 7.29. The molecule has 2 aromatic rings. The van der Waals surface area contributed by atoms with E-state index in [0.29, 0.717) is 16.3 Å². The third-order valence-corrected chi connectivity index (χ3v) is 4.15. The number of fused-ring (bicyclic) bond motifs is 1. The number of nitrogens with one attached hydrogen (secondary N) is 1. The van der Waals surface area contributed by atoms with E-state index in [4.69, 9.17) is 16.3 Å². The Bertz CT molecular complexity index is 684. The zero-order valence-electron chi connectivity index (χ0n) is 11.7. The minimum Gasteiger partial charge on any atom is -0.495 e. The standard InChI is InChI=1S/C17H16ClNO2/c1-21-16-9-7-12(10-14(16)18)17(20)19-15-8-6-11-4-2-3-5-13(11)15/h2-5,7,9-10,15H,6,8H2,1H3,(H,19,20). The van der Waals surface area contributed by atoms with Crippen LogP contribution >= 0.6 is 11.6 Å². The fourth-order valence-electron chi connectivity index (χ4n) is 2.76. The molecule has 3 rings (SSSR count). The van der Waals surface area contributed by atoms with E-state index in [1.807, 2.05) is 12.1 Å². The summed E-state index contributed by atoms with van der Waals surface area (Å²) < 4.78 is 5.10. The maximum Gasteiger partial charge on any atom is 0.251 e. The fraction of sp³-hybridized carbons (Fsp3) is 0.235. The number of carbonyl (C=O) groups excluding carboxylic acids is 1. The first-order valence-electron chi connectivity index (χ1n) is 6.91. The smallest absolute Gasteiger partial charge is 0.251 e. The molecule has 108 valence electrons. The van der Waals surface area contributed by atoms with Crippen LogP contribution in [0, 0.1) is 0 Å². The van der Waals surface area contributed by atoms with Crippen molar-refractivity contribution in [2.45, 2.75) is 18.9 Å². The average molecular weight is 302 g/mol. The third kappa shape index (κ3) is 2.74. The van der Waals surface area contributed by atoms with E-state index in [9.17, 15) is 4.79 Å². The second-order valence-corrected chi connectivity index (χ2v) is 5.52. The number of rotatable bonds is 3. The number of benzene rings is 2. The lowest BCUT2D eigenvalue weighted by Gasteiger charge is -2.14. The molecule has 1 N–H and O–H groups in total. The van der Waals surface area contributed by atoms with Gasteiger partial charge < -0.3 is 10.1 Å². The van der Waals surface area contributed by atoms with Gasteiger partial charge in [-0.1, -0.05) is 35.9 Å². The average Bonchev–Trinajstić information content (AvgIpc) is 2.90. The lowest BCUT2D eigenvalue weighted by Crippen LogP contribution is -2.27. The Balaban J connectivity index is 1.77. The predicted octanol–water partition coefficient (Wildman–Crippen LogP) is 3.77. The summed E-state index contributed by atoms with van der Waals surface area (Å²) >= 11 is 6.07. The van der Waals surface area contributed by atoms with E-state index in [1.54, 1.807) is 25.3 Å². The monoisotopic (exact) mass is 301 g/mol. The molecule has 0 radical (unpaired) electrons. The summed E-state index contributed by atoms with van der Waals surface area (Å²) in [5.41, 5.74) is 3.08. The molecule has 3 nitrogen and oxygen atoms in total. The maximum atomic E-state index is 12.4. The zero-order chi connectivity index (χ0) is 14.8. The number of ether oxygens (including phenoxy) is 1. The van der Waals surface area contributed by atoms with E-state index in [2.05, 4.69) is 17.4 Å². The molecule has 0 aromatic heterocycles. The molecular formula is C17H16ClNO2. The lowest BCUT2D eigenvalue weighted by molar-refractivity contribution is 0.0936. The van der Waals surface area contributed by atoms with Crippen LogP contribution in [-0.4, -0.2) is 13.0 Å². The summed E-state index contributed by atoms with van der Waals surface area (Å²) in [5, 5.41) is 3.52. The van der Waals surface area contributed by atoms with Crippen LogP contribution in [0.2, 0.25) is 5.02 Å². The first-order chi connectivity index (χ1) is 10.2. The Morgan fingerprint density at radius 3 is 2.86 bits per heavy atom. The molecule has 1 amide bonds. The molecule has 1 aliphatic rings. The van der Waals surface area contributed by atoms with Gasteiger partial charge in [-0.2, -0.15) is 0 Å². The van der Waals surface area contributed by atoms with Gasteiger partial charge >= 0.3 is 0 Å². The summed E-state index contributed by atoms with van der Waals surface area (Å²) in [6, 6.07) is 13.4. The van der Waals surface area contributed by atoms with Crippen LogP contribution in [0.4, 0.5) is 0 Å². The molecule has 1 atom stereocenters. The summed E-state index contributed by atoms with van der Waals surface area (Å²) in [5.74, 6) is 0.459. The highest BCUT2D eigenvalue weighted by atomic mass is 35.5. The van der Waals surface area contributed by atoms with Crippen LogP contribution < -0.4 is 10.1 Å². The number of hydrogen-bond donors (Lipinski definition) is 1. The van der Waals surface area contributed by atoms with Crippen molar-refractivity contribution >= 4 is 17.5 Å². The lowest BCUT2D eigenvalue weighted by atomic mass is 10.1. The topological polar surface area (TPSA) is 38.3 Å². The number of hydrogen-bond acceptors (Lipinski definition) is 2. The van der Waals surface area contributed by atoms with Crippen molar-refractivity contribution in [2.75, 3.05) is 7.11 Å². The molecule has 21 heavy (non-hydrogen) atoms. The van der Waals surface area contributed by atoms with Crippen LogP contribution in [0.3, 0.4) is 0 Å². The van der Waals surface area contributed by atoms with Crippen LogP contribution in [0.5, 0.6) is 5.75 Å². The number of amides is 1. The highest BCUT2D eigenvalue weighted by molar-refractivity contribution is 6.32. The molecule has 0 fully saturated rings. The number of methoxy groups -OCH3 is 1. The Labute approximate surface area is 128 Å². The van der Waals surface area contributed by atoms with Gasteiger partial charge in [0.25, 0.3) is 5.91 Å². The fourth-order valence-corrected chi connectivity index (χ4v) is 3.01. The van der Waals surface area contributed by atoms with E-state index in [1.165, 1.54) is 11.1 Å². The van der Waals surface area contributed by atoms with Crippen molar-refractivity contribution < 1.29 is 9.53 Å². The Kier molecular flexibility index (Phi) is 3.84. The van der Waals surface area contributed by atoms with E-state index in [0.717, 1.165) is 12.8 Å². The van der Waals surface area contributed by atoms with Crippen LogP contribution in [0.15, 0.2) is 42.5 Å². The van der Waals surface area contributed by atoms with Crippen molar-refractivity contribution in [1.29, 1.82) is 0 Å². The molecule has 4 heteroatoms. The van der Waals surface area contributed by atoms with Gasteiger partial charge in [0.15, 0.2) is 0 Å². The van der Waals surface area contributed by atoms with E-state index in [-0.39, 0.29) is 11.9 Å².